The molecule has 1 atom stereocenters. The van der Waals surface area contributed by atoms with E-state index in [2.05, 4.69) is 20.5 Å². The molecule has 3 N–H and O–H groups in total. The third-order valence-corrected chi connectivity index (χ3v) is 9.58. The molecule has 1 spiro atoms. The van der Waals surface area contributed by atoms with Crippen LogP contribution in [0.3, 0.4) is 0 Å². The van der Waals surface area contributed by atoms with Gasteiger partial charge < -0.3 is 15.4 Å². The molecule has 1 aromatic heterocycles. The van der Waals surface area contributed by atoms with Gasteiger partial charge in [0, 0.05) is 31.6 Å². The minimum absolute atomic E-state index is 0.0122. The highest BCUT2D eigenvalue weighted by atomic mass is 32.2. The van der Waals surface area contributed by atoms with E-state index in [4.69, 9.17) is 4.74 Å². The molecule has 1 aliphatic carbocycles. The zero-order valence-electron chi connectivity index (χ0n) is 21.2. The van der Waals surface area contributed by atoms with Crippen molar-refractivity contribution in [3.8, 4) is 0 Å². The van der Waals surface area contributed by atoms with Gasteiger partial charge >= 0.3 is 0 Å². The first-order chi connectivity index (χ1) is 17.8. The Hall–Kier alpha value is -2.76. The van der Waals surface area contributed by atoms with E-state index < -0.39 is 27.4 Å². The highest BCUT2D eigenvalue weighted by Gasteiger charge is 2.47. The number of hydrogen-bond donors (Lipinski definition) is 3. The van der Waals surface area contributed by atoms with Gasteiger partial charge in [-0.15, -0.1) is 0 Å². The van der Waals surface area contributed by atoms with Crippen molar-refractivity contribution in [2.45, 2.75) is 74.3 Å². The fourth-order valence-corrected chi connectivity index (χ4v) is 7.37. The number of aryl methyl sites for hydroxylation is 1. The van der Waals surface area contributed by atoms with Crippen molar-refractivity contribution in [3.05, 3.63) is 36.0 Å². The van der Waals surface area contributed by atoms with Crippen molar-refractivity contribution in [1.29, 1.82) is 0 Å². The average Bonchev–Trinajstić information content (AvgIpc) is 3.40. The van der Waals surface area contributed by atoms with Crippen LogP contribution in [0.5, 0.6) is 0 Å². The number of amides is 2. The molecule has 2 aliphatic heterocycles. The summed E-state index contributed by atoms with van der Waals surface area (Å²) in [5, 5.41) is 9.89. The number of fused-ring (bicyclic) bond motifs is 2. The number of nitrogens with zero attached hydrogens (tertiary/aromatic N) is 2. The van der Waals surface area contributed by atoms with Crippen LogP contribution in [0, 0.1) is 5.92 Å². The summed E-state index contributed by atoms with van der Waals surface area (Å²) >= 11 is 0. The van der Waals surface area contributed by atoms with Gasteiger partial charge in [-0.1, -0.05) is 38.2 Å². The van der Waals surface area contributed by atoms with E-state index in [-0.39, 0.29) is 16.9 Å². The number of benzene rings is 1. The molecule has 200 valence electrons. The van der Waals surface area contributed by atoms with E-state index in [1.54, 1.807) is 19.2 Å². The second-order valence-corrected chi connectivity index (χ2v) is 12.1. The Morgan fingerprint density at radius 3 is 2.51 bits per heavy atom. The van der Waals surface area contributed by atoms with Gasteiger partial charge in [0.1, 0.15) is 6.04 Å². The molecule has 2 fully saturated rings. The lowest BCUT2D eigenvalue weighted by Crippen LogP contribution is -2.49. The van der Waals surface area contributed by atoms with E-state index in [0.29, 0.717) is 37.4 Å². The average molecular weight is 530 g/mol. The Balaban J connectivity index is 1.39. The number of nitrogens with one attached hydrogen (secondary N) is 3. The van der Waals surface area contributed by atoms with Crippen LogP contribution in [0.25, 0.3) is 0 Å². The molecular formula is C26H35N5O5S. The van der Waals surface area contributed by atoms with Crippen LogP contribution in [0.1, 0.15) is 63.4 Å². The van der Waals surface area contributed by atoms with Crippen molar-refractivity contribution in [3.63, 3.8) is 0 Å². The minimum Gasteiger partial charge on any atom is -0.381 e. The lowest BCUT2D eigenvalue weighted by atomic mass is 9.75. The van der Waals surface area contributed by atoms with Crippen LogP contribution >= 0.6 is 0 Å². The zero-order valence-corrected chi connectivity index (χ0v) is 22.0. The van der Waals surface area contributed by atoms with Crippen LogP contribution in [0.4, 0.5) is 11.4 Å². The Kier molecular flexibility index (Phi) is 7.37. The van der Waals surface area contributed by atoms with Crippen molar-refractivity contribution in [2.24, 2.45) is 13.0 Å². The number of aromatic nitrogens is 2. The van der Waals surface area contributed by atoms with Crippen molar-refractivity contribution < 1.29 is 22.7 Å². The van der Waals surface area contributed by atoms with Crippen LogP contribution in [0.15, 0.2) is 35.5 Å². The summed E-state index contributed by atoms with van der Waals surface area (Å²) in [5.41, 5.74) is 1.54. The first-order valence-electron chi connectivity index (χ1n) is 13.2. The van der Waals surface area contributed by atoms with Crippen LogP contribution in [-0.4, -0.2) is 49.3 Å². The first kappa shape index (κ1) is 25.9. The third kappa shape index (κ3) is 5.17. The molecule has 3 heterocycles. The predicted molar refractivity (Wildman–Crippen MR) is 139 cm³/mol. The Bertz CT molecular complexity index is 1260. The molecule has 0 radical (unpaired) electrons. The number of anilines is 2. The first-order valence-corrected chi connectivity index (χ1v) is 14.6. The van der Waals surface area contributed by atoms with E-state index in [0.717, 1.165) is 44.1 Å². The number of rotatable bonds is 6. The van der Waals surface area contributed by atoms with E-state index in [1.807, 2.05) is 6.07 Å². The molecule has 0 bridgehead atoms. The number of ether oxygens (including phenoxy) is 1. The van der Waals surface area contributed by atoms with Gasteiger partial charge in [0.25, 0.3) is 10.0 Å². The molecule has 1 aromatic carbocycles. The number of carbonyl (C=O) groups is 2. The smallest absolute Gasteiger partial charge is 0.258 e. The second kappa shape index (κ2) is 10.5. The number of carbonyl (C=O) groups excluding carboxylic acids is 2. The quantitative estimate of drug-likeness (QED) is 0.527. The summed E-state index contributed by atoms with van der Waals surface area (Å²) in [4.78, 5) is 26.5. The van der Waals surface area contributed by atoms with Gasteiger partial charge in [0.05, 0.1) is 11.6 Å². The summed E-state index contributed by atoms with van der Waals surface area (Å²) in [5.74, 6) is -0.560. The molecule has 2 amide bonds. The maximum Gasteiger partial charge on any atom is 0.258 e. The van der Waals surface area contributed by atoms with Crippen LogP contribution < -0.4 is 15.4 Å². The molecule has 10 nitrogen and oxygen atoms in total. The maximum absolute atomic E-state index is 13.6. The van der Waals surface area contributed by atoms with Crippen molar-refractivity contribution in [1.82, 2.24) is 14.5 Å². The molecule has 5 rings (SSSR count). The molecule has 1 saturated heterocycles. The Morgan fingerprint density at radius 1 is 1.14 bits per heavy atom. The summed E-state index contributed by atoms with van der Waals surface area (Å²) in [7, 11) is -2.41. The summed E-state index contributed by atoms with van der Waals surface area (Å²) in [6, 6.07) is 5.94. The predicted octanol–water partition coefficient (Wildman–Crippen LogP) is 3.07. The summed E-state index contributed by atoms with van der Waals surface area (Å²) < 4.78 is 35.9. The molecule has 1 unspecified atom stereocenters. The molecule has 1 saturated carbocycles. The molecule has 2 aromatic rings. The normalized spacial score (nSPS) is 21.1. The standard InChI is InChI=1S/C26H35N5O5S/c1-31-22(11-14-27-31)37(34,35)30-23(18-7-5-3-2-4-6-8-18)24(32)28-19-9-10-20-21(17-19)29-25(33)26(20)12-15-36-16-13-26/h9-11,14,17-18,23,30H,2-8,12-13,15-16H2,1H3,(H,28,32)(H,29,33). The van der Waals surface area contributed by atoms with E-state index in [9.17, 15) is 18.0 Å². The summed E-state index contributed by atoms with van der Waals surface area (Å²) in [6.45, 7) is 1.07. The third-order valence-electron chi connectivity index (χ3n) is 8.07. The largest absolute Gasteiger partial charge is 0.381 e. The molecule has 3 aliphatic rings. The van der Waals surface area contributed by atoms with Crippen molar-refractivity contribution >= 4 is 33.2 Å². The Morgan fingerprint density at radius 2 is 1.84 bits per heavy atom. The summed E-state index contributed by atoms with van der Waals surface area (Å²) in [6.07, 6.45) is 9.45. The van der Waals surface area contributed by atoms with Crippen LogP contribution in [0.2, 0.25) is 0 Å². The van der Waals surface area contributed by atoms with Gasteiger partial charge in [-0.05, 0) is 55.4 Å². The molecule has 37 heavy (non-hydrogen) atoms. The topological polar surface area (TPSA) is 131 Å². The minimum atomic E-state index is -3.97. The maximum atomic E-state index is 13.6. The van der Waals surface area contributed by atoms with E-state index >= 15 is 0 Å². The zero-order chi connectivity index (χ0) is 26.0. The molecule has 11 heteroatoms. The lowest BCUT2D eigenvalue weighted by Gasteiger charge is -2.31. The highest BCUT2D eigenvalue weighted by Crippen LogP contribution is 2.45. The number of hydrogen-bond acceptors (Lipinski definition) is 6. The van der Waals surface area contributed by atoms with Crippen molar-refractivity contribution in [2.75, 3.05) is 23.8 Å². The van der Waals surface area contributed by atoms with Gasteiger partial charge in [-0.2, -0.15) is 9.82 Å². The highest BCUT2D eigenvalue weighted by molar-refractivity contribution is 7.89. The van der Waals surface area contributed by atoms with Gasteiger partial charge in [0.2, 0.25) is 11.8 Å². The second-order valence-electron chi connectivity index (χ2n) is 10.4. The van der Waals surface area contributed by atoms with Gasteiger partial charge in [0.15, 0.2) is 5.03 Å². The fourth-order valence-electron chi connectivity index (χ4n) is 5.98. The monoisotopic (exact) mass is 529 g/mol. The molecular weight excluding hydrogens is 494 g/mol. The number of sulfonamides is 1. The Labute approximate surface area is 217 Å². The van der Waals surface area contributed by atoms with Gasteiger partial charge in [-0.25, -0.2) is 8.42 Å². The van der Waals surface area contributed by atoms with Crippen LogP contribution in [-0.2, 0) is 36.8 Å². The van der Waals surface area contributed by atoms with Gasteiger partial charge in [-0.3, -0.25) is 14.3 Å². The SMILES string of the molecule is Cn1nccc1S(=O)(=O)NC(C(=O)Nc1ccc2c(c1)NC(=O)C21CCOCC1)C1CCCCCCC1. The lowest BCUT2D eigenvalue weighted by molar-refractivity contribution is -0.124. The van der Waals surface area contributed by atoms with E-state index in [1.165, 1.54) is 23.4 Å². The fraction of sp³-hybridized carbons (Fsp3) is 0.577.